The first-order valence-corrected chi connectivity index (χ1v) is 6.05. The fourth-order valence-corrected chi connectivity index (χ4v) is 2.10. The maximum atomic E-state index is 11.6. The van der Waals surface area contributed by atoms with Gasteiger partial charge in [-0.1, -0.05) is 18.2 Å². The van der Waals surface area contributed by atoms with E-state index >= 15 is 0 Å². The van der Waals surface area contributed by atoms with Crippen molar-refractivity contribution >= 4 is 15.8 Å². The number of rotatable bonds is 5. The summed E-state index contributed by atoms with van der Waals surface area (Å²) in [5, 5.41) is 0. The number of hydrogen-bond acceptors (Lipinski definition) is 3. The van der Waals surface area contributed by atoms with Crippen LogP contribution in [-0.4, -0.2) is 20.7 Å². The monoisotopic (exact) mass is 227 g/mol. The third kappa shape index (κ3) is 3.81. The van der Waals surface area contributed by atoms with Crippen LogP contribution in [0.15, 0.2) is 35.2 Å². The maximum Gasteiger partial charge on any atom is 0.240 e. The van der Waals surface area contributed by atoms with Gasteiger partial charge in [0.1, 0.15) is 5.78 Å². The number of ketones is 1. The van der Waals surface area contributed by atoms with Crippen molar-refractivity contribution in [3.8, 4) is 0 Å². The van der Waals surface area contributed by atoms with Crippen LogP contribution in [-0.2, 0) is 14.8 Å². The zero-order valence-corrected chi connectivity index (χ0v) is 9.25. The average molecular weight is 227 g/mol. The molecule has 0 saturated heterocycles. The largest absolute Gasteiger partial charge is 0.300 e. The molecule has 0 heterocycles. The maximum absolute atomic E-state index is 11.6. The molecule has 1 aromatic rings. The highest BCUT2D eigenvalue weighted by molar-refractivity contribution is 7.89. The van der Waals surface area contributed by atoms with Crippen LogP contribution < -0.4 is 4.72 Å². The Morgan fingerprint density at radius 3 is 2.40 bits per heavy atom. The van der Waals surface area contributed by atoms with E-state index in [1.165, 1.54) is 19.1 Å². The van der Waals surface area contributed by atoms with Gasteiger partial charge in [0.05, 0.1) is 4.90 Å². The van der Waals surface area contributed by atoms with Crippen LogP contribution in [0.1, 0.15) is 13.3 Å². The fraction of sp³-hybridized carbons (Fsp3) is 0.300. The van der Waals surface area contributed by atoms with Gasteiger partial charge in [0.25, 0.3) is 0 Å². The second-order valence-corrected chi connectivity index (χ2v) is 4.93. The molecule has 0 spiro atoms. The van der Waals surface area contributed by atoms with E-state index in [4.69, 9.17) is 0 Å². The van der Waals surface area contributed by atoms with Gasteiger partial charge in [0, 0.05) is 13.0 Å². The Labute approximate surface area is 89.4 Å². The molecule has 0 aromatic heterocycles. The Balaban J connectivity index is 2.65. The molecule has 1 N–H and O–H groups in total. The van der Waals surface area contributed by atoms with Gasteiger partial charge in [-0.25, -0.2) is 13.1 Å². The number of benzene rings is 1. The molecule has 0 saturated carbocycles. The number of nitrogens with one attached hydrogen (secondary N) is 1. The Morgan fingerprint density at radius 1 is 1.27 bits per heavy atom. The summed E-state index contributed by atoms with van der Waals surface area (Å²) in [6, 6.07) is 8.07. The molecule has 0 amide bonds. The SMILES string of the molecule is CC(=O)CCNS(=O)(=O)c1ccccc1. The van der Waals surface area contributed by atoms with Crippen LogP contribution in [0.5, 0.6) is 0 Å². The minimum absolute atomic E-state index is 0.0363. The molecule has 5 heteroatoms. The van der Waals surface area contributed by atoms with Crippen molar-refractivity contribution in [3.63, 3.8) is 0 Å². The minimum Gasteiger partial charge on any atom is -0.300 e. The third-order valence-corrected chi connectivity index (χ3v) is 3.30. The number of hydrogen-bond donors (Lipinski definition) is 1. The second-order valence-electron chi connectivity index (χ2n) is 3.16. The Hall–Kier alpha value is -1.20. The molecular weight excluding hydrogens is 214 g/mol. The Bertz CT molecular complexity index is 425. The van der Waals surface area contributed by atoms with Gasteiger partial charge in [0.15, 0.2) is 0 Å². The molecule has 15 heavy (non-hydrogen) atoms. The van der Waals surface area contributed by atoms with Crippen molar-refractivity contribution in [2.24, 2.45) is 0 Å². The summed E-state index contributed by atoms with van der Waals surface area (Å²) in [7, 11) is -3.46. The van der Waals surface area contributed by atoms with E-state index in [2.05, 4.69) is 4.72 Å². The zero-order valence-electron chi connectivity index (χ0n) is 8.43. The van der Waals surface area contributed by atoms with Crippen molar-refractivity contribution in [1.29, 1.82) is 0 Å². The predicted octanol–water partition coefficient (Wildman–Crippen LogP) is 0.944. The molecule has 0 aliphatic rings. The lowest BCUT2D eigenvalue weighted by atomic mass is 10.3. The molecular formula is C10H13NO3S. The number of Topliss-reactive ketones (excluding diaryl/α,β-unsaturated/α-hetero) is 1. The first kappa shape index (κ1) is 11.9. The molecule has 1 aromatic carbocycles. The molecule has 0 aliphatic carbocycles. The van der Waals surface area contributed by atoms with Gasteiger partial charge >= 0.3 is 0 Å². The van der Waals surface area contributed by atoms with Crippen LogP contribution in [0, 0.1) is 0 Å². The van der Waals surface area contributed by atoms with E-state index in [1.54, 1.807) is 18.2 Å². The normalized spacial score (nSPS) is 11.3. The summed E-state index contributed by atoms with van der Waals surface area (Å²) in [5.74, 6) is -0.0363. The van der Waals surface area contributed by atoms with E-state index < -0.39 is 10.0 Å². The van der Waals surface area contributed by atoms with Gasteiger partial charge in [-0.3, -0.25) is 4.79 Å². The van der Waals surface area contributed by atoms with Gasteiger partial charge in [-0.15, -0.1) is 0 Å². The van der Waals surface area contributed by atoms with Crippen LogP contribution in [0.3, 0.4) is 0 Å². The van der Waals surface area contributed by atoms with Crippen molar-refractivity contribution < 1.29 is 13.2 Å². The fourth-order valence-electron chi connectivity index (χ4n) is 1.04. The number of sulfonamides is 1. The zero-order chi connectivity index (χ0) is 11.3. The van der Waals surface area contributed by atoms with Crippen LogP contribution in [0.4, 0.5) is 0 Å². The van der Waals surface area contributed by atoms with E-state index in [0.717, 1.165) is 0 Å². The first-order valence-electron chi connectivity index (χ1n) is 4.56. The third-order valence-electron chi connectivity index (χ3n) is 1.82. The van der Waals surface area contributed by atoms with E-state index in [1.807, 2.05) is 0 Å². The molecule has 1 rings (SSSR count). The summed E-state index contributed by atoms with van der Waals surface area (Å²) in [5.41, 5.74) is 0. The standard InChI is InChI=1S/C10H13NO3S/c1-9(12)7-8-11-15(13,14)10-5-3-2-4-6-10/h2-6,11H,7-8H2,1H3. The molecule has 0 fully saturated rings. The predicted molar refractivity (Wildman–Crippen MR) is 56.9 cm³/mol. The van der Waals surface area contributed by atoms with E-state index in [9.17, 15) is 13.2 Å². The molecule has 0 unspecified atom stereocenters. The van der Waals surface area contributed by atoms with Crippen LogP contribution in [0.25, 0.3) is 0 Å². The molecule has 0 atom stereocenters. The molecule has 4 nitrogen and oxygen atoms in total. The quantitative estimate of drug-likeness (QED) is 0.814. The lowest BCUT2D eigenvalue weighted by Gasteiger charge is -2.04. The average Bonchev–Trinajstić information content (AvgIpc) is 2.18. The van der Waals surface area contributed by atoms with Gasteiger partial charge in [-0.05, 0) is 19.1 Å². The lowest BCUT2D eigenvalue weighted by molar-refractivity contribution is -0.116. The molecule has 82 valence electrons. The minimum atomic E-state index is -3.46. The van der Waals surface area contributed by atoms with Gasteiger partial charge in [0.2, 0.25) is 10.0 Å². The highest BCUT2D eigenvalue weighted by Crippen LogP contribution is 2.06. The van der Waals surface area contributed by atoms with Crippen LogP contribution in [0.2, 0.25) is 0 Å². The van der Waals surface area contributed by atoms with Crippen molar-refractivity contribution in [3.05, 3.63) is 30.3 Å². The summed E-state index contributed by atoms with van der Waals surface area (Å²) in [4.78, 5) is 10.8. The van der Waals surface area contributed by atoms with Crippen molar-refractivity contribution in [2.45, 2.75) is 18.2 Å². The number of carbonyl (C=O) groups is 1. The van der Waals surface area contributed by atoms with Crippen LogP contribution >= 0.6 is 0 Å². The second kappa shape index (κ2) is 5.04. The summed E-state index contributed by atoms with van der Waals surface area (Å²) < 4.78 is 25.5. The summed E-state index contributed by atoms with van der Waals surface area (Å²) in [6.45, 7) is 1.57. The molecule has 0 aliphatic heterocycles. The lowest BCUT2D eigenvalue weighted by Crippen LogP contribution is -2.25. The smallest absolute Gasteiger partial charge is 0.240 e. The number of carbonyl (C=O) groups excluding carboxylic acids is 1. The summed E-state index contributed by atoms with van der Waals surface area (Å²) in [6.07, 6.45) is 0.214. The highest BCUT2D eigenvalue weighted by atomic mass is 32.2. The van der Waals surface area contributed by atoms with Gasteiger partial charge in [-0.2, -0.15) is 0 Å². The molecule has 0 bridgehead atoms. The van der Waals surface area contributed by atoms with E-state index in [-0.39, 0.29) is 23.6 Å². The van der Waals surface area contributed by atoms with E-state index in [0.29, 0.717) is 0 Å². The summed E-state index contributed by atoms with van der Waals surface area (Å²) >= 11 is 0. The van der Waals surface area contributed by atoms with Crippen molar-refractivity contribution in [1.82, 2.24) is 4.72 Å². The van der Waals surface area contributed by atoms with Crippen molar-refractivity contribution in [2.75, 3.05) is 6.54 Å². The Kier molecular flexibility index (Phi) is 3.99. The first-order chi connectivity index (χ1) is 7.02. The highest BCUT2D eigenvalue weighted by Gasteiger charge is 2.12. The molecule has 0 radical (unpaired) electrons. The topological polar surface area (TPSA) is 63.2 Å². The Morgan fingerprint density at radius 2 is 1.87 bits per heavy atom. The van der Waals surface area contributed by atoms with Gasteiger partial charge < -0.3 is 0 Å².